The van der Waals surface area contributed by atoms with Gasteiger partial charge in [-0.25, -0.2) is 0 Å². The average molecular weight is 424 g/mol. The second-order valence-corrected chi connectivity index (χ2v) is 8.27. The lowest BCUT2D eigenvalue weighted by molar-refractivity contribution is -0.113. The molecule has 1 N–H and O–H groups in total. The fourth-order valence-electron chi connectivity index (χ4n) is 3.02. The topological polar surface area (TPSA) is 35.6 Å². The van der Waals surface area contributed by atoms with E-state index in [-0.39, 0.29) is 5.91 Å². The number of carbonyl (C=O) groups excluding carboxylic acids is 1. The third-order valence-electron chi connectivity index (χ3n) is 4.58. The minimum atomic E-state index is -0.0599. The molecule has 27 heavy (non-hydrogen) atoms. The van der Waals surface area contributed by atoms with Crippen LogP contribution in [0.25, 0.3) is 0 Å². The Kier molecular flexibility index (Phi) is 7.30. The number of rotatable bonds is 6. The maximum Gasteiger partial charge on any atom is 0.234 e. The molecule has 2 aromatic rings. The number of carbonyl (C=O) groups is 1. The molecule has 0 bridgehead atoms. The third kappa shape index (κ3) is 5.79. The van der Waals surface area contributed by atoms with Crippen LogP contribution in [0.3, 0.4) is 0 Å². The van der Waals surface area contributed by atoms with E-state index in [4.69, 9.17) is 23.2 Å². The minimum absolute atomic E-state index is 0.0599. The Hall–Kier alpha value is -1.40. The van der Waals surface area contributed by atoms with Gasteiger partial charge in [0.05, 0.1) is 16.5 Å². The van der Waals surface area contributed by atoms with Crippen molar-refractivity contribution in [2.45, 2.75) is 11.8 Å². The zero-order chi connectivity index (χ0) is 19.2. The first-order chi connectivity index (χ1) is 13.0. The van der Waals surface area contributed by atoms with Crippen LogP contribution in [0.5, 0.6) is 0 Å². The van der Waals surface area contributed by atoms with Gasteiger partial charge in [-0.2, -0.15) is 0 Å². The highest BCUT2D eigenvalue weighted by Gasteiger charge is 2.18. The van der Waals surface area contributed by atoms with Crippen molar-refractivity contribution in [3.8, 4) is 0 Å². The molecular formula is C20H23Cl2N3OS. The van der Waals surface area contributed by atoms with Gasteiger partial charge in [-0.05, 0) is 49.0 Å². The molecule has 1 aliphatic heterocycles. The number of halogens is 2. The van der Waals surface area contributed by atoms with Gasteiger partial charge in [-0.3, -0.25) is 4.79 Å². The standard InChI is InChI=1S/C20H23Cl2N3OS/c1-2-24-9-11-25(12-10-24)19-8-5-16(13-18(19)22)23-20(26)14-27-17-6-3-15(21)4-7-17/h3-8,13H,2,9-12,14H2,1H3,(H,23,26). The Balaban J connectivity index is 1.54. The van der Waals surface area contributed by atoms with Crippen LogP contribution in [-0.4, -0.2) is 49.3 Å². The highest BCUT2D eigenvalue weighted by atomic mass is 35.5. The van der Waals surface area contributed by atoms with Crippen molar-refractivity contribution in [3.63, 3.8) is 0 Å². The maximum atomic E-state index is 12.2. The SMILES string of the molecule is CCN1CCN(c2ccc(NC(=O)CSc3ccc(Cl)cc3)cc2Cl)CC1. The van der Waals surface area contributed by atoms with Crippen molar-refractivity contribution >= 4 is 52.2 Å². The van der Waals surface area contributed by atoms with Gasteiger partial charge in [0.25, 0.3) is 0 Å². The number of amides is 1. The van der Waals surface area contributed by atoms with Gasteiger partial charge >= 0.3 is 0 Å². The second kappa shape index (κ2) is 9.69. The monoisotopic (exact) mass is 423 g/mol. The van der Waals surface area contributed by atoms with Crippen molar-refractivity contribution in [1.82, 2.24) is 4.90 Å². The van der Waals surface area contributed by atoms with Crippen LogP contribution in [0.4, 0.5) is 11.4 Å². The van der Waals surface area contributed by atoms with Gasteiger partial charge < -0.3 is 15.1 Å². The predicted molar refractivity (Wildman–Crippen MR) is 117 cm³/mol. The van der Waals surface area contributed by atoms with Crippen LogP contribution in [-0.2, 0) is 4.79 Å². The molecule has 0 unspecified atom stereocenters. The maximum absolute atomic E-state index is 12.2. The van der Waals surface area contributed by atoms with E-state index >= 15 is 0 Å². The number of hydrogen-bond acceptors (Lipinski definition) is 4. The fraction of sp³-hybridized carbons (Fsp3) is 0.350. The highest BCUT2D eigenvalue weighted by Crippen LogP contribution is 2.30. The Morgan fingerprint density at radius 2 is 1.78 bits per heavy atom. The number of benzene rings is 2. The lowest BCUT2D eigenvalue weighted by Gasteiger charge is -2.36. The van der Waals surface area contributed by atoms with Gasteiger partial charge in [0.1, 0.15) is 0 Å². The smallest absolute Gasteiger partial charge is 0.234 e. The van der Waals surface area contributed by atoms with E-state index in [9.17, 15) is 4.79 Å². The summed E-state index contributed by atoms with van der Waals surface area (Å²) in [4.78, 5) is 17.9. The molecule has 3 rings (SSSR count). The summed E-state index contributed by atoms with van der Waals surface area (Å²) in [7, 11) is 0. The van der Waals surface area contributed by atoms with Gasteiger partial charge in [-0.1, -0.05) is 30.1 Å². The molecule has 4 nitrogen and oxygen atoms in total. The second-order valence-electron chi connectivity index (χ2n) is 6.38. The first-order valence-corrected chi connectivity index (χ1v) is 10.7. The zero-order valence-electron chi connectivity index (χ0n) is 15.3. The predicted octanol–water partition coefficient (Wildman–Crippen LogP) is 4.87. The Morgan fingerprint density at radius 1 is 1.07 bits per heavy atom. The van der Waals surface area contributed by atoms with E-state index in [1.54, 1.807) is 0 Å². The van der Waals surface area contributed by atoms with Crippen molar-refractivity contribution in [3.05, 3.63) is 52.5 Å². The average Bonchev–Trinajstić information content (AvgIpc) is 2.68. The summed E-state index contributed by atoms with van der Waals surface area (Å²) in [5, 5.41) is 4.27. The van der Waals surface area contributed by atoms with E-state index in [2.05, 4.69) is 22.0 Å². The molecule has 0 radical (unpaired) electrons. The lowest BCUT2D eigenvalue weighted by atomic mass is 10.2. The number of piperazine rings is 1. The van der Waals surface area contributed by atoms with Gasteiger partial charge in [0.15, 0.2) is 0 Å². The van der Waals surface area contributed by atoms with E-state index in [1.807, 2.05) is 42.5 Å². The fourth-order valence-corrected chi connectivity index (χ4v) is 4.15. The largest absolute Gasteiger partial charge is 0.368 e. The van der Waals surface area contributed by atoms with Crippen molar-refractivity contribution in [2.24, 2.45) is 0 Å². The zero-order valence-corrected chi connectivity index (χ0v) is 17.6. The number of likely N-dealkylation sites (N-methyl/N-ethyl adjacent to an activating group) is 1. The Bertz CT molecular complexity index is 777. The van der Waals surface area contributed by atoms with Gasteiger partial charge in [-0.15, -0.1) is 11.8 Å². The first kappa shape index (κ1) is 20.3. The van der Waals surface area contributed by atoms with Crippen LogP contribution in [0.2, 0.25) is 10.0 Å². The molecule has 1 fully saturated rings. The molecule has 7 heteroatoms. The van der Waals surface area contributed by atoms with E-state index in [0.29, 0.717) is 15.8 Å². The van der Waals surface area contributed by atoms with Crippen LogP contribution in [0, 0.1) is 0 Å². The summed E-state index contributed by atoms with van der Waals surface area (Å²) in [6, 6.07) is 13.2. The number of nitrogens with zero attached hydrogens (tertiary/aromatic N) is 2. The summed E-state index contributed by atoms with van der Waals surface area (Å²) in [6.07, 6.45) is 0. The molecule has 0 atom stereocenters. The summed E-state index contributed by atoms with van der Waals surface area (Å²) in [5.74, 6) is 0.273. The van der Waals surface area contributed by atoms with Crippen LogP contribution < -0.4 is 10.2 Å². The van der Waals surface area contributed by atoms with Crippen molar-refractivity contribution < 1.29 is 4.79 Å². The normalized spacial score (nSPS) is 15.0. The first-order valence-electron chi connectivity index (χ1n) is 9.00. The molecule has 0 saturated carbocycles. The molecule has 0 aromatic heterocycles. The minimum Gasteiger partial charge on any atom is -0.368 e. The summed E-state index contributed by atoms with van der Waals surface area (Å²) < 4.78 is 0. The van der Waals surface area contributed by atoms with Gasteiger partial charge in [0, 0.05) is 41.8 Å². The van der Waals surface area contributed by atoms with E-state index in [1.165, 1.54) is 11.8 Å². The Labute approximate surface area is 174 Å². The van der Waals surface area contributed by atoms with Crippen molar-refractivity contribution in [1.29, 1.82) is 0 Å². The quantitative estimate of drug-likeness (QED) is 0.672. The molecule has 0 spiro atoms. The molecule has 1 amide bonds. The van der Waals surface area contributed by atoms with Crippen molar-refractivity contribution in [2.75, 3.05) is 48.7 Å². The highest BCUT2D eigenvalue weighted by molar-refractivity contribution is 8.00. The molecular weight excluding hydrogens is 401 g/mol. The summed E-state index contributed by atoms with van der Waals surface area (Å²) >= 11 is 13.8. The molecule has 1 saturated heterocycles. The molecule has 0 aliphatic carbocycles. The molecule has 2 aromatic carbocycles. The van der Waals surface area contributed by atoms with Crippen LogP contribution in [0.15, 0.2) is 47.4 Å². The molecule has 144 valence electrons. The lowest BCUT2D eigenvalue weighted by Crippen LogP contribution is -2.46. The van der Waals surface area contributed by atoms with E-state index < -0.39 is 0 Å². The number of hydrogen-bond donors (Lipinski definition) is 1. The number of anilines is 2. The van der Waals surface area contributed by atoms with Gasteiger partial charge in [0.2, 0.25) is 5.91 Å². The van der Waals surface area contributed by atoms with Crippen LogP contribution >= 0.6 is 35.0 Å². The van der Waals surface area contributed by atoms with Crippen LogP contribution in [0.1, 0.15) is 6.92 Å². The molecule has 1 aliphatic rings. The third-order valence-corrected chi connectivity index (χ3v) is 6.14. The Morgan fingerprint density at radius 3 is 2.41 bits per heavy atom. The summed E-state index contributed by atoms with van der Waals surface area (Å²) in [5.41, 5.74) is 1.75. The number of nitrogens with one attached hydrogen (secondary N) is 1. The summed E-state index contributed by atoms with van der Waals surface area (Å²) in [6.45, 7) is 7.31. The van der Waals surface area contributed by atoms with E-state index in [0.717, 1.165) is 49.0 Å². The number of thioether (sulfide) groups is 1. The molecule has 1 heterocycles.